The molecule has 0 unspecified atom stereocenters. The lowest BCUT2D eigenvalue weighted by Crippen LogP contribution is -2.21. The van der Waals surface area contributed by atoms with Gasteiger partial charge in [0, 0.05) is 44.0 Å². The predicted molar refractivity (Wildman–Crippen MR) is 113 cm³/mol. The van der Waals surface area contributed by atoms with Gasteiger partial charge in [0.25, 0.3) is 11.8 Å². The lowest BCUT2D eigenvalue weighted by molar-refractivity contribution is 0.0958. The number of fused-ring (bicyclic) bond motifs is 1. The van der Waals surface area contributed by atoms with Gasteiger partial charge in [-0.3, -0.25) is 19.0 Å². The zero-order valence-corrected chi connectivity index (χ0v) is 16.9. The monoisotopic (exact) mass is 403 g/mol. The summed E-state index contributed by atoms with van der Waals surface area (Å²) in [6, 6.07) is 9.17. The first-order chi connectivity index (χ1) is 14.5. The molecule has 152 valence electrons. The van der Waals surface area contributed by atoms with Crippen molar-refractivity contribution in [1.82, 2.24) is 29.9 Å². The smallest absolute Gasteiger partial charge is 0.273 e. The Morgan fingerprint density at radius 3 is 2.63 bits per heavy atom. The number of nitrogens with zero attached hydrogens (tertiary/aromatic N) is 5. The van der Waals surface area contributed by atoms with E-state index in [1.807, 2.05) is 44.4 Å². The Morgan fingerprint density at radius 1 is 1.13 bits per heavy atom. The summed E-state index contributed by atoms with van der Waals surface area (Å²) in [5, 5.41) is 14.5. The normalized spacial score (nSPS) is 10.9. The molecule has 2 N–H and O–H groups in total. The van der Waals surface area contributed by atoms with Gasteiger partial charge in [-0.15, -0.1) is 0 Å². The molecule has 0 aliphatic rings. The molecule has 2 amide bonds. The number of hydrogen-bond donors (Lipinski definition) is 2. The van der Waals surface area contributed by atoms with Crippen LogP contribution >= 0.6 is 0 Å². The SMILES string of the molecule is CCn1cc(NC(=O)c2cc(-c3cnn(C)c3)nc3ccccc23)c(C(=O)NC)n1. The quantitative estimate of drug-likeness (QED) is 0.532. The van der Waals surface area contributed by atoms with Crippen LogP contribution in [-0.4, -0.2) is 43.4 Å². The highest BCUT2D eigenvalue weighted by Gasteiger charge is 2.20. The minimum absolute atomic E-state index is 0.165. The number of aromatic nitrogens is 5. The van der Waals surface area contributed by atoms with E-state index in [1.54, 1.807) is 27.8 Å². The van der Waals surface area contributed by atoms with E-state index < -0.39 is 0 Å². The van der Waals surface area contributed by atoms with Gasteiger partial charge in [0.1, 0.15) is 0 Å². The predicted octanol–water partition coefficient (Wildman–Crippen LogP) is 2.46. The molecular weight excluding hydrogens is 382 g/mol. The van der Waals surface area contributed by atoms with Crippen LogP contribution in [0, 0.1) is 0 Å². The average Bonchev–Trinajstić information content (AvgIpc) is 3.38. The van der Waals surface area contributed by atoms with Crippen molar-refractivity contribution in [3.63, 3.8) is 0 Å². The lowest BCUT2D eigenvalue weighted by atomic mass is 10.0. The number of carbonyl (C=O) groups is 2. The standard InChI is InChI=1S/C21H21N7O2/c1-4-28-12-18(19(26-28)21(30)22-2)25-20(29)15-9-17(13-10-23-27(3)11-13)24-16-8-6-5-7-14(15)16/h5-12H,4H2,1-3H3,(H,22,30)(H,25,29). The van der Waals surface area contributed by atoms with Gasteiger partial charge in [0.15, 0.2) is 5.69 Å². The molecule has 0 fully saturated rings. The molecule has 30 heavy (non-hydrogen) atoms. The number of amides is 2. The molecule has 3 heterocycles. The van der Waals surface area contributed by atoms with Crippen LogP contribution in [-0.2, 0) is 13.6 Å². The molecule has 4 aromatic rings. The third-order valence-electron chi connectivity index (χ3n) is 4.74. The summed E-state index contributed by atoms with van der Waals surface area (Å²) < 4.78 is 3.28. The second-order valence-corrected chi connectivity index (χ2v) is 6.76. The maximum Gasteiger partial charge on any atom is 0.273 e. The van der Waals surface area contributed by atoms with Gasteiger partial charge in [-0.1, -0.05) is 18.2 Å². The fraction of sp³-hybridized carbons (Fsp3) is 0.190. The largest absolute Gasteiger partial charge is 0.354 e. The Kier molecular flexibility index (Phi) is 5.01. The minimum Gasteiger partial charge on any atom is -0.354 e. The van der Waals surface area contributed by atoms with E-state index in [0.717, 1.165) is 5.56 Å². The summed E-state index contributed by atoms with van der Waals surface area (Å²) >= 11 is 0. The summed E-state index contributed by atoms with van der Waals surface area (Å²) in [4.78, 5) is 30.1. The van der Waals surface area contributed by atoms with Gasteiger partial charge >= 0.3 is 0 Å². The maximum absolute atomic E-state index is 13.2. The van der Waals surface area contributed by atoms with Crippen LogP contribution < -0.4 is 10.6 Å². The summed E-state index contributed by atoms with van der Waals surface area (Å²) in [6.07, 6.45) is 5.19. The Morgan fingerprint density at radius 2 is 1.93 bits per heavy atom. The number of nitrogens with one attached hydrogen (secondary N) is 2. The van der Waals surface area contributed by atoms with E-state index in [2.05, 4.69) is 25.8 Å². The number of pyridine rings is 1. The molecule has 0 aliphatic heterocycles. The van der Waals surface area contributed by atoms with Gasteiger partial charge in [-0.2, -0.15) is 10.2 Å². The van der Waals surface area contributed by atoms with Gasteiger partial charge in [-0.25, -0.2) is 4.98 Å². The molecule has 0 spiro atoms. The first kappa shape index (κ1) is 19.3. The zero-order valence-electron chi connectivity index (χ0n) is 16.9. The topological polar surface area (TPSA) is 107 Å². The molecule has 0 bridgehead atoms. The highest BCUT2D eigenvalue weighted by molar-refractivity contribution is 6.14. The summed E-state index contributed by atoms with van der Waals surface area (Å²) in [7, 11) is 3.35. The lowest BCUT2D eigenvalue weighted by Gasteiger charge is -2.10. The van der Waals surface area contributed by atoms with Crippen molar-refractivity contribution in [2.45, 2.75) is 13.5 Å². The van der Waals surface area contributed by atoms with Crippen LogP contribution in [0.4, 0.5) is 5.69 Å². The Labute approximate surface area is 172 Å². The fourth-order valence-electron chi connectivity index (χ4n) is 3.22. The third-order valence-corrected chi connectivity index (χ3v) is 4.74. The molecule has 0 radical (unpaired) electrons. The van der Waals surface area contributed by atoms with Crippen LogP contribution in [0.25, 0.3) is 22.2 Å². The molecule has 3 aromatic heterocycles. The number of aryl methyl sites for hydroxylation is 2. The maximum atomic E-state index is 13.2. The Bertz CT molecular complexity index is 1260. The fourth-order valence-corrected chi connectivity index (χ4v) is 3.22. The second-order valence-electron chi connectivity index (χ2n) is 6.76. The number of rotatable bonds is 5. The van der Waals surface area contributed by atoms with Gasteiger partial charge in [0.05, 0.1) is 28.7 Å². The minimum atomic E-state index is -0.367. The van der Waals surface area contributed by atoms with Crippen molar-refractivity contribution in [2.75, 3.05) is 12.4 Å². The van der Waals surface area contributed by atoms with E-state index >= 15 is 0 Å². The van der Waals surface area contributed by atoms with E-state index in [9.17, 15) is 9.59 Å². The van der Waals surface area contributed by atoms with E-state index in [1.165, 1.54) is 7.05 Å². The van der Waals surface area contributed by atoms with Gasteiger partial charge < -0.3 is 10.6 Å². The summed E-state index contributed by atoms with van der Waals surface area (Å²) in [6.45, 7) is 2.48. The van der Waals surface area contributed by atoms with E-state index in [4.69, 9.17) is 0 Å². The van der Waals surface area contributed by atoms with Crippen LogP contribution in [0.5, 0.6) is 0 Å². The van der Waals surface area contributed by atoms with Crippen molar-refractivity contribution in [1.29, 1.82) is 0 Å². The number of hydrogen-bond acceptors (Lipinski definition) is 5. The Hall–Kier alpha value is -4.01. The molecule has 0 saturated heterocycles. The average molecular weight is 403 g/mol. The van der Waals surface area contributed by atoms with Crippen molar-refractivity contribution in [2.24, 2.45) is 7.05 Å². The molecule has 1 aromatic carbocycles. The molecule has 0 aliphatic carbocycles. The number of benzene rings is 1. The molecule has 4 rings (SSSR count). The van der Waals surface area contributed by atoms with Crippen LogP contribution in [0.2, 0.25) is 0 Å². The molecule has 0 atom stereocenters. The molecule has 9 nitrogen and oxygen atoms in total. The second kappa shape index (κ2) is 7.78. The molecular formula is C21H21N7O2. The van der Waals surface area contributed by atoms with Crippen molar-refractivity contribution < 1.29 is 9.59 Å². The van der Waals surface area contributed by atoms with Crippen LogP contribution in [0.1, 0.15) is 27.8 Å². The number of carbonyl (C=O) groups excluding carboxylic acids is 2. The number of anilines is 1. The molecule has 0 saturated carbocycles. The molecule has 9 heteroatoms. The van der Waals surface area contributed by atoms with Crippen LogP contribution in [0.15, 0.2) is 48.9 Å². The first-order valence-corrected chi connectivity index (χ1v) is 9.49. The van der Waals surface area contributed by atoms with Crippen molar-refractivity contribution in [3.05, 3.63) is 60.2 Å². The van der Waals surface area contributed by atoms with Crippen molar-refractivity contribution in [3.8, 4) is 11.3 Å². The highest BCUT2D eigenvalue weighted by Crippen LogP contribution is 2.26. The third kappa shape index (κ3) is 3.52. The first-order valence-electron chi connectivity index (χ1n) is 9.49. The van der Waals surface area contributed by atoms with E-state index in [0.29, 0.717) is 34.4 Å². The zero-order chi connectivity index (χ0) is 21.3. The highest BCUT2D eigenvalue weighted by atomic mass is 16.2. The van der Waals surface area contributed by atoms with Gasteiger partial charge in [-0.05, 0) is 19.1 Å². The van der Waals surface area contributed by atoms with Crippen LogP contribution in [0.3, 0.4) is 0 Å². The summed E-state index contributed by atoms with van der Waals surface area (Å²) in [5.74, 6) is -0.715. The van der Waals surface area contributed by atoms with Crippen molar-refractivity contribution >= 4 is 28.4 Å². The Balaban J connectivity index is 1.78. The summed E-state index contributed by atoms with van der Waals surface area (Å²) in [5.41, 5.74) is 3.11. The number of para-hydroxylation sites is 1. The van der Waals surface area contributed by atoms with Gasteiger partial charge in [0.2, 0.25) is 0 Å². The van der Waals surface area contributed by atoms with E-state index in [-0.39, 0.29) is 17.5 Å².